The molecular formula is C30H26FN3O5. The van der Waals surface area contributed by atoms with E-state index in [-0.39, 0.29) is 18.6 Å². The summed E-state index contributed by atoms with van der Waals surface area (Å²) in [5.41, 5.74) is 3.05. The Hall–Kier alpha value is -4.63. The van der Waals surface area contributed by atoms with E-state index in [1.165, 1.54) is 28.8 Å². The number of nitrogens with zero attached hydrogens (tertiary/aromatic N) is 3. The Morgan fingerprint density at radius 3 is 2.54 bits per heavy atom. The zero-order valence-electron chi connectivity index (χ0n) is 21.0. The van der Waals surface area contributed by atoms with Crippen molar-refractivity contribution in [1.29, 1.82) is 0 Å². The number of halogens is 1. The average molecular weight is 528 g/mol. The van der Waals surface area contributed by atoms with E-state index >= 15 is 0 Å². The van der Waals surface area contributed by atoms with Crippen LogP contribution >= 0.6 is 0 Å². The smallest absolute Gasteiger partial charge is 0.303 e. The number of hydrogen-bond donors (Lipinski definition) is 1. The van der Waals surface area contributed by atoms with E-state index in [1.54, 1.807) is 24.3 Å². The van der Waals surface area contributed by atoms with Gasteiger partial charge in [-0.05, 0) is 54.8 Å². The highest BCUT2D eigenvalue weighted by molar-refractivity contribution is 5.83. The minimum absolute atomic E-state index is 0.0298. The zero-order chi connectivity index (χ0) is 27.2. The maximum Gasteiger partial charge on any atom is 0.303 e. The summed E-state index contributed by atoms with van der Waals surface area (Å²) >= 11 is 0. The highest BCUT2D eigenvalue weighted by Crippen LogP contribution is 2.24. The first-order chi connectivity index (χ1) is 19.0. The van der Waals surface area contributed by atoms with Crippen LogP contribution in [0.4, 0.5) is 4.39 Å². The number of carbonyl (C=O) groups is 1. The summed E-state index contributed by atoms with van der Waals surface area (Å²) in [6.07, 6.45) is 1.39. The predicted molar refractivity (Wildman–Crippen MR) is 143 cm³/mol. The van der Waals surface area contributed by atoms with Crippen LogP contribution in [0, 0.1) is 5.82 Å². The molecule has 0 saturated heterocycles. The van der Waals surface area contributed by atoms with Gasteiger partial charge in [-0.2, -0.15) is 0 Å². The molecule has 0 aliphatic heterocycles. The molecule has 0 unspecified atom stereocenters. The number of fused-ring (bicyclic) bond motifs is 1. The number of benzene rings is 3. The lowest BCUT2D eigenvalue weighted by atomic mass is 10.1. The van der Waals surface area contributed by atoms with Crippen molar-refractivity contribution in [2.75, 3.05) is 0 Å². The van der Waals surface area contributed by atoms with Crippen LogP contribution in [0.15, 0.2) is 88.2 Å². The maximum atomic E-state index is 13.6. The normalized spacial score (nSPS) is 11.2. The number of aromatic nitrogens is 3. The summed E-state index contributed by atoms with van der Waals surface area (Å²) in [5.74, 6) is -0.248. The number of aryl methyl sites for hydroxylation is 1. The van der Waals surface area contributed by atoms with Crippen molar-refractivity contribution in [2.45, 2.75) is 38.9 Å². The van der Waals surface area contributed by atoms with Gasteiger partial charge in [0, 0.05) is 24.5 Å². The molecule has 1 N–H and O–H groups in total. The first-order valence-electron chi connectivity index (χ1n) is 12.6. The van der Waals surface area contributed by atoms with Crippen molar-refractivity contribution in [3.8, 4) is 16.9 Å². The number of aliphatic carboxylic acids is 1. The number of hydrogen-bond acceptors (Lipinski definition) is 6. The molecule has 0 amide bonds. The standard InChI is InChI=1S/C30H26FN3O5/c31-22-11-13-23(14-12-22)34-28(8-4-5-9-29(35)36)32-27-16-21(10-15-25(27)30(34)37)26-17-24(39-33-26)19-38-18-20-6-2-1-3-7-20/h1-3,6-7,10-17H,4-5,8-9,18-19H2,(H,35,36). The minimum Gasteiger partial charge on any atom is -0.481 e. The number of unbranched alkanes of at least 4 members (excludes halogenated alkanes) is 1. The van der Waals surface area contributed by atoms with Crippen LogP contribution < -0.4 is 5.56 Å². The molecular weight excluding hydrogens is 501 g/mol. The molecule has 0 aliphatic rings. The summed E-state index contributed by atoms with van der Waals surface area (Å²) in [4.78, 5) is 29.2. The zero-order valence-corrected chi connectivity index (χ0v) is 21.0. The predicted octanol–water partition coefficient (Wildman–Crippen LogP) is 5.69. The molecule has 39 heavy (non-hydrogen) atoms. The van der Waals surface area contributed by atoms with Gasteiger partial charge in [0.05, 0.1) is 23.2 Å². The summed E-state index contributed by atoms with van der Waals surface area (Å²) in [6, 6.07) is 22.5. The first kappa shape index (κ1) is 26.0. The molecule has 0 fully saturated rings. The van der Waals surface area contributed by atoms with E-state index in [0.717, 1.165) is 11.1 Å². The topological polar surface area (TPSA) is 107 Å². The molecule has 2 heterocycles. The van der Waals surface area contributed by atoms with Gasteiger partial charge in [-0.15, -0.1) is 0 Å². The number of rotatable bonds is 11. The lowest BCUT2D eigenvalue weighted by Crippen LogP contribution is -2.24. The average Bonchev–Trinajstić information content (AvgIpc) is 3.41. The highest BCUT2D eigenvalue weighted by Gasteiger charge is 2.15. The number of carboxylic acids is 1. The maximum absolute atomic E-state index is 13.6. The van der Waals surface area contributed by atoms with Crippen molar-refractivity contribution in [2.24, 2.45) is 0 Å². The second kappa shape index (κ2) is 11.8. The fraction of sp³-hybridized carbons (Fsp3) is 0.200. The van der Waals surface area contributed by atoms with E-state index in [4.69, 9.17) is 19.4 Å². The van der Waals surface area contributed by atoms with Gasteiger partial charge in [-0.3, -0.25) is 14.2 Å². The van der Waals surface area contributed by atoms with Crippen LogP contribution in [0.5, 0.6) is 0 Å². The number of carboxylic acid groups (broad SMARTS) is 1. The van der Waals surface area contributed by atoms with Gasteiger partial charge in [0.2, 0.25) is 0 Å². The fourth-order valence-electron chi connectivity index (χ4n) is 4.34. The Morgan fingerprint density at radius 1 is 0.974 bits per heavy atom. The monoisotopic (exact) mass is 527 g/mol. The molecule has 0 atom stereocenters. The summed E-state index contributed by atoms with van der Waals surface area (Å²) in [6.45, 7) is 0.711. The SMILES string of the molecule is O=C(O)CCCCc1nc2cc(-c3cc(COCc4ccccc4)on3)ccc2c(=O)n1-c1ccc(F)cc1. The number of ether oxygens (including phenoxy) is 1. The molecule has 0 saturated carbocycles. The van der Waals surface area contributed by atoms with Crippen molar-refractivity contribution in [3.05, 3.63) is 112 Å². The van der Waals surface area contributed by atoms with Gasteiger partial charge in [-0.1, -0.05) is 41.6 Å². The Bertz CT molecular complexity index is 1650. The first-order valence-corrected chi connectivity index (χ1v) is 12.6. The molecule has 3 aromatic carbocycles. The van der Waals surface area contributed by atoms with Gasteiger partial charge in [0.1, 0.15) is 23.9 Å². The van der Waals surface area contributed by atoms with E-state index in [9.17, 15) is 14.0 Å². The van der Waals surface area contributed by atoms with Gasteiger partial charge in [-0.25, -0.2) is 9.37 Å². The molecule has 5 aromatic rings. The molecule has 0 aliphatic carbocycles. The third kappa shape index (κ3) is 6.27. The molecule has 8 nitrogen and oxygen atoms in total. The molecule has 0 radical (unpaired) electrons. The van der Waals surface area contributed by atoms with Crippen LogP contribution in [0.25, 0.3) is 27.8 Å². The third-order valence-electron chi connectivity index (χ3n) is 6.28. The van der Waals surface area contributed by atoms with Crippen molar-refractivity contribution >= 4 is 16.9 Å². The highest BCUT2D eigenvalue weighted by atomic mass is 19.1. The third-order valence-corrected chi connectivity index (χ3v) is 6.28. The Morgan fingerprint density at radius 2 is 1.77 bits per heavy atom. The molecule has 0 spiro atoms. The van der Waals surface area contributed by atoms with Gasteiger partial charge in [0.25, 0.3) is 5.56 Å². The lowest BCUT2D eigenvalue weighted by molar-refractivity contribution is -0.137. The van der Waals surface area contributed by atoms with E-state index in [2.05, 4.69) is 5.16 Å². The van der Waals surface area contributed by atoms with Crippen LogP contribution in [-0.2, 0) is 29.2 Å². The Labute approximate surface area is 223 Å². The van der Waals surface area contributed by atoms with Gasteiger partial charge >= 0.3 is 5.97 Å². The summed E-state index contributed by atoms with van der Waals surface area (Å²) < 4.78 is 26.2. The van der Waals surface area contributed by atoms with Crippen molar-refractivity contribution in [3.63, 3.8) is 0 Å². The molecule has 198 valence electrons. The van der Waals surface area contributed by atoms with E-state index < -0.39 is 11.8 Å². The van der Waals surface area contributed by atoms with Gasteiger partial charge < -0.3 is 14.4 Å². The summed E-state index contributed by atoms with van der Waals surface area (Å²) in [7, 11) is 0. The largest absolute Gasteiger partial charge is 0.481 e. The molecule has 5 rings (SSSR count). The second-order valence-electron chi connectivity index (χ2n) is 9.13. The minimum atomic E-state index is -0.875. The fourth-order valence-corrected chi connectivity index (χ4v) is 4.34. The van der Waals surface area contributed by atoms with Crippen LogP contribution in [0.3, 0.4) is 0 Å². The Balaban J connectivity index is 1.42. The molecule has 9 heteroatoms. The molecule has 0 bridgehead atoms. The van der Waals surface area contributed by atoms with Crippen LogP contribution in [0.1, 0.15) is 36.4 Å². The van der Waals surface area contributed by atoms with Gasteiger partial charge in [0.15, 0.2) is 5.76 Å². The van der Waals surface area contributed by atoms with Crippen molar-refractivity contribution < 1.29 is 23.6 Å². The Kier molecular flexibility index (Phi) is 7.88. The quantitative estimate of drug-likeness (QED) is 0.220. The van der Waals surface area contributed by atoms with E-state index in [0.29, 0.717) is 59.7 Å². The van der Waals surface area contributed by atoms with Crippen LogP contribution in [0.2, 0.25) is 0 Å². The lowest BCUT2D eigenvalue weighted by Gasteiger charge is -2.14. The van der Waals surface area contributed by atoms with E-state index in [1.807, 2.05) is 30.3 Å². The summed E-state index contributed by atoms with van der Waals surface area (Å²) in [5, 5.41) is 13.5. The van der Waals surface area contributed by atoms with Crippen molar-refractivity contribution in [1.82, 2.24) is 14.7 Å². The molecule has 2 aromatic heterocycles. The second-order valence-corrected chi connectivity index (χ2v) is 9.13. The van der Waals surface area contributed by atoms with Crippen LogP contribution in [-0.4, -0.2) is 25.8 Å².